The third kappa shape index (κ3) is 5.37. The Morgan fingerprint density at radius 1 is 1.09 bits per heavy atom. The summed E-state index contributed by atoms with van der Waals surface area (Å²) < 4.78 is 63.3. The van der Waals surface area contributed by atoms with Crippen LogP contribution < -0.4 is 21.3 Å². The summed E-state index contributed by atoms with van der Waals surface area (Å²) in [5.74, 6) is -3.17. The number of carbonyl (C=O) groups excluding carboxylic acids is 1. The lowest BCUT2D eigenvalue weighted by Gasteiger charge is -2.45. The first-order valence-corrected chi connectivity index (χ1v) is 14.1. The number of primary amides is 1. The van der Waals surface area contributed by atoms with E-state index in [1.165, 1.54) is 10.6 Å². The van der Waals surface area contributed by atoms with E-state index in [-0.39, 0.29) is 11.4 Å². The summed E-state index contributed by atoms with van der Waals surface area (Å²) in [5.41, 5.74) is 3.21. The van der Waals surface area contributed by atoms with Gasteiger partial charge in [-0.2, -0.15) is 13.2 Å². The van der Waals surface area contributed by atoms with E-state index in [4.69, 9.17) is 15.5 Å². The van der Waals surface area contributed by atoms with Crippen LogP contribution in [0.2, 0.25) is 0 Å². The van der Waals surface area contributed by atoms with Crippen molar-refractivity contribution in [3.8, 4) is 11.4 Å². The molecule has 1 fully saturated rings. The fraction of sp³-hybridized carbons (Fsp3) is 0.344. The summed E-state index contributed by atoms with van der Waals surface area (Å²) in [5, 5.41) is 3.53. The molecule has 2 heterocycles. The highest BCUT2D eigenvalue weighted by atomic mass is 19.4. The first-order valence-electron chi connectivity index (χ1n) is 14.1. The number of ether oxygens (including phenoxy) is 1. The number of amides is 1. The van der Waals surface area contributed by atoms with E-state index in [0.29, 0.717) is 60.9 Å². The SMILES string of the molecule is CCOc1ccc(-n2c(C(C)C(C(N)=O)(c3ccc(F)c(C(F)(F)F)c3)C3CCNCC3)nc3ccccc3c2=O)cc1. The van der Waals surface area contributed by atoms with Crippen molar-refractivity contribution in [1.29, 1.82) is 0 Å². The Balaban J connectivity index is 1.83. The number of rotatable bonds is 8. The fourth-order valence-corrected chi connectivity index (χ4v) is 6.42. The number of hydrogen-bond donors (Lipinski definition) is 2. The minimum atomic E-state index is -5.01. The monoisotopic (exact) mass is 596 g/mol. The molecule has 7 nitrogen and oxygen atoms in total. The van der Waals surface area contributed by atoms with E-state index < -0.39 is 46.3 Å². The van der Waals surface area contributed by atoms with Gasteiger partial charge in [-0.15, -0.1) is 0 Å². The predicted octanol–water partition coefficient (Wildman–Crippen LogP) is 5.47. The van der Waals surface area contributed by atoms with Crippen molar-refractivity contribution in [2.24, 2.45) is 11.7 Å². The van der Waals surface area contributed by atoms with Gasteiger partial charge < -0.3 is 15.8 Å². The molecule has 226 valence electrons. The second-order valence-corrected chi connectivity index (χ2v) is 10.7. The topological polar surface area (TPSA) is 99.2 Å². The Labute approximate surface area is 245 Å². The molecule has 0 saturated carbocycles. The average molecular weight is 597 g/mol. The molecule has 1 amide bonds. The van der Waals surface area contributed by atoms with Crippen LogP contribution in [0.3, 0.4) is 0 Å². The minimum absolute atomic E-state index is 0.0752. The first-order chi connectivity index (χ1) is 20.5. The fourth-order valence-electron chi connectivity index (χ4n) is 6.42. The molecule has 0 spiro atoms. The lowest BCUT2D eigenvalue weighted by atomic mass is 9.59. The van der Waals surface area contributed by atoms with Crippen LogP contribution in [0.25, 0.3) is 16.6 Å². The van der Waals surface area contributed by atoms with Gasteiger partial charge >= 0.3 is 6.18 Å². The smallest absolute Gasteiger partial charge is 0.419 e. The first kappa shape index (κ1) is 30.2. The molecule has 5 rings (SSSR count). The number of hydrogen-bond acceptors (Lipinski definition) is 5. The van der Waals surface area contributed by atoms with Crippen LogP contribution in [0.1, 0.15) is 49.6 Å². The Hall–Kier alpha value is -4.25. The van der Waals surface area contributed by atoms with E-state index in [2.05, 4.69) is 5.32 Å². The van der Waals surface area contributed by atoms with E-state index in [9.17, 15) is 27.2 Å². The number of halogens is 4. The molecule has 4 aromatic rings. The van der Waals surface area contributed by atoms with Crippen molar-refractivity contribution in [2.75, 3.05) is 19.7 Å². The number of nitrogens with two attached hydrogens (primary N) is 1. The highest BCUT2D eigenvalue weighted by Crippen LogP contribution is 2.49. The zero-order valence-corrected chi connectivity index (χ0v) is 23.7. The number of carbonyl (C=O) groups is 1. The van der Waals surface area contributed by atoms with Gasteiger partial charge in [0.2, 0.25) is 5.91 Å². The molecule has 2 unspecified atom stereocenters. The molecule has 0 bridgehead atoms. The van der Waals surface area contributed by atoms with Gasteiger partial charge in [-0.25, -0.2) is 9.37 Å². The molecule has 43 heavy (non-hydrogen) atoms. The molecule has 0 radical (unpaired) electrons. The largest absolute Gasteiger partial charge is 0.494 e. The Morgan fingerprint density at radius 3 is 2.40 bits per heavy atom. The van der Waals surface area contributed by atoms with Crippen molar-refractivity contribution in [1.82, 2.24) is 14.9 Å². The van der Waals surface area contributed by atoms with Gasteiger partial charge in [0.25, 0.3) is 5.56 Å². The molecule has 1 saturated heterocycles. The van der Waals surface area contributed by atoms with Gasteiger partial charge in [-0.3, -0.25) is 14.2 Å². The second kappa shape index (κ2) is 11.8. The summed E-state index contributed by atoms with van der Waals surface area (Å²) in [7, 11) is 0. The van der Waals surface area contributed by atoms with Crippen molar-refractivity contribution in [3.63, 3.8) is 0 Å². The average Bonchev–Trinajstić information content (AvgIpc) is 2.98. The van der Waals surface area contributed by atoms with Crippen molar-refractivity contribution in [2.45, 2.75) is 44.2 Å². The van der Waals surface area contributed by atoms with Crippen LogP contribution in [0.15, 0.2) is 71.5 Å². The Bertz CT molecular complexity index is 1700. The van der Waals surface area contributed by atoms with E-state index in [0.717, 1.165) is 6.07 Å². The number of aromatic nitrogens is 2. The third-order valence-corrected chi connectivity index (χ3v) is 8.42. The van der Waals surface area contributed by atoms with Gasteiger partial charge in [0.05, 0.1) is 34.2 Å². The van der Waals surface area contributed by atoms with Crippen molar-refractivity contribution < 1.29 is 27.1 Å². The van der Waals surface area contributed by atoms with Crippen LogP contribution in [0.5, 0.6) is 5.75 Å². The third-order valence-electron chi connectivity index (χ3n) is 8.42. The molecule has 3 N–H and O–H groups in total. The number of para-hydroxylation sites is 1. The van der Waals surface area contributed by atoms with Crippen LogP contribution in [0, 0.1) is 11.7 Å². The molecule has 0 aliphatic carbocycles. The number of alkyl halides is 3. The highest BCUT2D eigenvalue weighted by Gasteiger charge is 2.53. The van der Waals surface area contributed by atoms with Crippen molar-refractivity contribution in [3.05, 3.63) is 99.9 Å². The molecule has 2 atom stereocenters. The normalized spacial score (nSPS) is 16.5. The summed E-state index contributed by atoms with van der Waals surface area (Å²) >= 11 is 0. The van der Waals surface area contributed by atoms with Crippen molar-refractivity contribution >= 4 is 16.8 Å². The maximum absolute atomic E-state index is 14.5. The van der Waals surface area contributed by atoms with Gasteiger partial charge in [0.1, 0.15) is 17.4 Å². The van der Waals surface area contributed by atoms with Crippen LogP contribution >= 0.6 is 0 Å². The molecule has 3 aromatic carbocycles. The van der Waals surface area contributed by atoms with Gasteiger partial charge in [-0.05, 0) is 92.9 Å². The summed E-state index contributed by atoms with van der Waals surface area (Å²) in [4.78, 5) is 32.7. The molecule has 1 aromatic heterocycles. The molecular formula is C32H32F4N4O3. The number of benzene rings is 3. The number of nitrogens with one attached hydrogen (secondary N) is 1. The van der Waals surface area contributed by atoms with Gasteiger partial charge in [0.15, 0.2) is 0 Å². The lowest BCUT2D eigenvalue weighted by Crippen LogP contribution is -2.54. The summed E-state index contributed by atoms with van der Waals surface area (Å²) in [6.45, 7) is 4.92. The summed E-state index contributed by atoms with van der Waals surface area (Å²) in [6.07, 6.45) is -4.19. The van der Waals surface area contributed by atoms with E-state index in [1.54, 1.807) is 55.5 Å². The van der Waals surface area contributed by atoms with Gasteiger partial charge in [-0.1, -0.05) is 25.1 Å². The minimum Gasteiger partial charge on any atom is -0.494 e. The summed E-state index contributed by atoms with van der Waals surface area (Å²) in [6, 6.07) is 16.0. The maximum atomic E-state index is 14.5. The Morgan fingerprint density at radius 2 is 1.77 bits per heavy atom. The zero-order valence-electron chi connectivity index (χ0n) is 23.7. The molecular weight excluding hydrogens is 564 g/mol. The van der Waals surface area contributed by atoms with Gasteiger partial charge in [0, 0.05) is 5.92 Å². The molecule has 1 aliphatic rings. The number of piperidine rings is 1. The van der Waals surface area contributed by atoms with Crippen LogP contribution in [0.4, 0.5) is 17.6 Å². The van der Waals surface area contributed by atoms with Crippen LogP contribution in [-0.4, -0.2) is 35.2 Å². The standard InChI is InChI=1S/C32H32F4N4O3/c1-3-43-23-11-9-22(10-12-23)40-28(39-27-7-5-4-6-24(27)29(40)41)19(2)31(30(37)42,20-14-16-38-17-15-20)21-8-13-26(33)25(18-21)32(34,35)36/h4-13,18-20,38H,3,14-17H2,1-2H3,(H2,37,42). The Kier molecular flexibility index (Phi) is 8.29. The maximum Gasteiger partial charge on any atom is 0.419 e. The number of nitrogens with zero attached hydrogens (tertiary/aromatic N) is 2. The van der Waals surface area contributed by atoms with E-state index >= 15 is 0 Å². The van der Waals surface area contributed by atoms with Crippen LogP contribution in [-0.2, 0) is 16.4 Å². The number of fused-ring (bicyclic) bond motifs is 1. The lowest BCUT2D eigenvalue weighted by molar-refractivity contribution is -0.140. The second-order valence-electron chi connectivity index (χ2n) is 10.7. The molecule has 11 heteroatoms. The predicted molar refractivity (Wildman–Crippen MR) is 155 cm³/mol. The van der Waals surface area contributed by atoms with E-state index in [1.807, 2.05) is 6.92 Å². The quantitative estimate of drug-likeness (QED) is 0.263. The highest BCUT2D eigenvalue weighted by molar-refractivity contribution is 5.89. The molecule has 1 aliphatic heterocycles. The zero-order chi connectivity index (χ0) is 30.9.